The zero-order valence-corrected chi connectivity index (χ0v) is 20.4. The van der Waals surface area contributed by atoms with Gasteiger partial charge in [0.15, 0.2) is 0 Å². The predicted octanol–water partition coefficient (Wildman–Crippen LogP) is 6.22. The molecule has 174 valence electrons. The van der Waals surface area contributed by atoms with Crippen LogP contribution in [0.25, 0.3) is 0 Å². The first-order valence-electron chi connectivity index (χ1n) is 11.7. The van der Waals surface area contributed by atoms with Gasteiger partial charge < -0.3 is 5.73 Å². The molecule has 0 atom stereocenters. The number of hydrogen-bond donors (Lipinski definition) is 1. The molecule has 0 spiro atoms. The summed E-state index contributed by atoms with van der Waals surface area (Å²) in [6.07, 6.45) is 3.18. The smallest absolute Gasteiger partial charge is 0.248 e. The number of amides is 1. The molecular weight excluding hydrogens is 406 g/mol. The number of carbonyl (C=O) groups is 2. The number of Topliss-reactive ketones (excluding diaryl/α,β-unsaturated/α-hetero) is 1. The molecule has 3 heteroatoms. The third kappa shape index (κ3) is 10.3. The van der Waals surface area contributed by atoms with E-state index >= 15 is 0 Å². The van der Waals surface area contributed by atoms with Crippen LogP contribution in [-0.4, -0.2) is 11.7 Å². The second-order valence-electron chi connectivity index (χ2n) is 9.45. The van der Waals surface area contributed by atoms with Gasteiger partial charge in [0.1, 0.15) is 5.78 Å². The molecule has 0 aliphatic carbocycles. The molecule has 0 unspecified atom stereocenters. The topological polar surface area (TPSA) is 60.2 Å². The van der Waals surface area contributed by atoms with E-state index in [0.717, 1.165) is 24.0 Å². The molecule has 0 bridgehead atoms. The van der Waals surface area contributed by atoms with Crippen molar-refractivity contribution < 1.29 is 9.59 Å². The minimum atomic E-state index is -0.365. The summed E-state index contributed by atoms with van der Waals surface area (Å²) in [5.41, 5.74) is 10.5. The zero-order chi connectivity index (χ0) is 24.2. The third-order valence-electron chi connectivity index (χ3n) is 5.19. The third-order valence-corrected chi connectivity index (χ3v) is 5.19. The first kappa shape index (κ1) is 26.1. The van der Waals surface area contributed by atoms with Crippen LogP contribution in [0, 0.1) is 11.8 Å². The Hall–Kier alpha value is -3.20. The summed E-state index contributed by atoms with van der Waals surface area (Å²) < 4.78 is 0. The first-order chi connectivity index (χ1) is 15.7. The second-order valence-corrected chi connectivity index (χ2v) is 9.45. The number of primary amides is 1. The molecule has 0 aliphatic rings. The van der Waals surface area contributed by atoms with Gasteiger partial charge in [-0.15, -0.1) is 0 Å². The van der Waals surface area contributed by atoms with Gasteiger partial charge in [0, 0.05) is 18.4 Å². The molecule has 1 amide bonds. The van der Waals surface area contributed by atoms with Crippen LogP contribution in [0.3, 0.4) is 0 Å². The summed E-state index contributed by atoms with van der Waals surface area (Å²) in [7, 11) is 0. The van der Waals surface area contributed by atoms with Crippen molar-refractivity contribution in [2.75, 3.05) is 0 Å². The molecule has 33 heavy (non-hydrogen) atoms. The van der Waals surface area contributed by atoms with Crippen LogP contribution in [0.1, 0.15) is 60.3 Å². The lowest BCUT2D eigenvalue weighted by Crippen LogP contribution is -2.10. The van der Waals surface area contributed by atoms with Crippen LogP contribution in [0.15, 0.2) is 78.9 Å². The van der Waals surface area contributed by atoms with E-state index < -0.39 is 0 Å². The van der Waals surface area contributed by atoms with Crippen LogP contribution in [-0.2, 0) is 30.5 Å². The van der Waals surface area contributed by atoms with E-state index in [1.54, 1.807) is 12.1 Å². The Labute approximate surface area is 199 Å². The summed E-state index contributed by atoms with van der Waals surface area (Å²) in [5, 5.41) is 0. The molecule has 0 radical (unpaired) electrons. The minimum absolute atomic E-state index is 0.271. The number of carbonyl (C=O) groups excluding carboxylic acids is 2. The Balaban J connectivity index is 0.000000257. The van der Waals surface area contributed by atoms with Gasteiger partial charge in [0.25, 0.3) is 0 Å². The van der Waals surface area contributed by atoms with E-state index in [9.17, 15) is 9.59 Å². The maximum atomic E-state index is 12.0. The molecule has 0 fully saturated rings. The van der Waals surface area contributed by atoms with Crippen molar-refractivity contribution in [3.63, 3.8) is 0 Å². The lowest BCUT2D eigenvalue weighted by Gasteiger charge is -2.06. The van der Waals surface area contributed by atoms with Crippen molar-refractivity contribution in [1.82, 2.24) is 0 Å². The highest BCUT2D eigenvalue weighted by Gasteiger charge is 2.06. The van der Waals surface area contributed by atoms with Gasteiger partial charge >= 0.3 is 0 Å². The molecule has 3 nitrogen and oxygen atoms in total. The monoisotopic (exact) mass is 443 g/mol. The quantitative estimate of drug-likeness (QED) is 0.426. The normalized spacial score (nSPS) is 10.6. The molecule has 0 heterocycles. The zero-order valence-electron chi connectivity index (χ0n) is 20.4. The second kappa shape index (κ2) is 13.4. The molecule has 0 saturated heterocycles. The van der Waals surface area contributed by atoms with Gasteiger partial charge in [-0.1, -0.05) is 94.4 Å². The van der Waals surface area contributed by atoms with E-state index in [1.165, 1.54) is 11.1 Å². The Bertz CT molecular complexity index is 988. The summed E-state index contributed by atoms with van der Waals surface area (Å²) in [4.78, 5) is 22.8. The highest BCUT2D eigenvalue weighted by Crippen LogP contribution is 2.12. The van der Waals surface area contributed by atoms with Gasteiger partial charge in [-0.3, -0.25) is 9.59 Å². The highest BCUT2D eigenvalue weighted by molar-refractivity contribution is 5.92. The summed E-state index contributed by atoms with van der Waals surface area (Å²) in [5.74, 6) is 1.21. The van der Waals surface area contributed by atoms with Gasteiger partial charge in [-0.05, 0) is 59.1 Å². The van der Waals surface area contributed by atoms with Crippen LogP contribution in [0.4, 0.5) is 0 Å². The van der Waals surface area contributed by atoms with E-state index in [2.05, 4.69) is 52.0 Å². The van der Waals surface area contributed by atoms with Gasteiger partial charge in [0.2, 0.25) is 5.91 Å². The fourth-order valence-electron chi connectivity index (χ4n) is 3.65. The number of benzene rings is 3. The SMILES string of the molecule is CC(C)Cc1ccc(C(N)=O)cc1.CC(C)Cc1ccc(CC(=O)Cc2ccccc2)cc1. The molecule has 0 aromatic heterocycles. The van der Waals surface area contributed by atoms with Gasteiger partial charge in [0.05, 0.1) is 0 Å². The highest BCUT2D eigenvalue weighted by atomic mass is 16.1. The summed E-state index contributed by atoms with van der Waals surface area (Å²) in [6.45, 7) is 8.78. The Morgan fingerprint density at radius 2 is 1.00 bits per heavy atom. The number of rotatable bonds is 9. The molecule has 3 aromatic carbocycles. The van der Waals surface area contributed by atoms with Crippen molar-refractivity contribution in [1.29, 1.82) is 0 Å². The van der Waals surface area contributed by atoms with Gasteiger partial charge in [-0.25, -0.2) is 0 Å². The van der Waals surface area contributed by atoms with Crippen LogP contribution >= 0.6 is 0 Å². The summed E-state index contributed by atoms with van der Waals surface area (Å²) >= 11 is 0. The average molecular weight is 444 g/mol. The Kier molecular flexibility index (Phi) is 10.6. The van der Waals surface area contributed by atoms with Crippen LogP contribution in [0.5, 0.6) is 0 Å². The maximum Gasteiger partial charge on any atom is 0.248 e. The van der Waals surface area contributed by atoms with Crippen molar-refractivity contribution in [3.05, 3.63) is 107 Å². The van der Waals surface area contributed by atoms with Gasteiger partial charge in [-0.2, -0.15) is 0 Å². The van der Waals surface area contributed by atoms with Crippen LogP contribution < -0.4 is 5.73 Å². The fourth-order valence-corrected chi connectivity index (χ4v) is 3.65. The lowest BCUT2D eigenvalue weighted by molar-refractivity contribution is -0.117. The van der Waals surface area contributed by atoms with Crippen molar-refractivity contribution in [2.45, 2.75) is 53.4 Å². The maximum absolute atomic E-state index is 12.0. The molecule has 0 aliphatic heterocycles. The van der Waals surface area contributed by atoms with E-state index in [-0.39, 0.29) is 11.7 Å². The largest absolute Gasteiger partial charge is 0.366 e. The van der Waals surface area contributed by atoms with Crippen molar-refractivity contribution in [3.8, 4) is 0 Å². The molecule has 2 N–H and O–H groups in total. The van der Waals surface area contributed by atoms with Crippen molar-refractivity contribution in [2.24, 2.45) is 17.6 Å². The predicted molar refractivity (Wildman–Crippen MR) is 137 cm³/mol. The number of hydrogen-bond acceptors (Lipinski definition) is 2. The minimum Gasteiger partial charge on any atom is -0.366 e. The van der Waals surface area contributed by atoms with E-state index in [0.29, 0.717) is 30.2 Å². The van der Waals surface area contributed by atoms with Crippen LogP contribution in [0.2, 0.25) is 0 Å². The van der Waals surface area contributed by atoms with E-state index in [4.69, 9.17) is 5.73 Å². The number of nitrogens with two attached hydrogens (primary N) is 1. The Morgan fingerprint density at radius 3 is 1.42 bits per heavy atom. The standard InChI is InChI=1S/C19H22O.C11H15NO/c1-15(2)12-17-8-10-18(11-9-17)14-19(20)13-16-6-4-3-5-7-16;1-8(2)7-9-3-5-10(6-4-9)11(12)13/h3-11,15H,12-14H2,1-2H3;3-6,8H,7H2,1-2H3,(H2,12,13). The molecule has 3 aromatic rings. The Morgan fingerprint density at radius 1 is 0.606 bits per heavy atom. The lowest BCUT2D eigenvalue weighted by atomic mass is 9.99. The molecular formula is C30H37NO2. The average Bonchev–Trinajstić information content (AvgIpc) is 2.76. The molecule has 3 rings (SSSR count). The van der Waals surface area contributed by atoms with E-state index in [1.807, 2.05) is 42.5 Å². The number of ketones is 1. The van der Waals surface area contributed by atoms with Crippen molar-refractivity contribution >= 4 is 11.7 Å². The molecule has 0 saturated carbocycles. The first-order valence-corrected chi connectivity index (χ1v) is 11.7. The fraction of sp³-hybridized carbons (Fsp3) is 0.333. The summed E-state index contributed by atoms with van der Waals surface area (Å²) in [6, 6.07) is 25.9.